The molecule has 27 heavy (non-hydrogen) atoms. The molecule has 1 aromatic carbocycles. The van der Waals surface area contributed by atoms with E-state index in [9.17, 15) is 4.79 Å². The third-order valence-electron chi connectivity index (χ3n) is 5.06. The Bertz CT molecular complexity index is 619. The second-order valence-electron chi connectivity index (χ2n) is 7.98. The molecular weight excluding hydrogens is 342 g/mol. The molecule has 0 spiro atoms. The molecule has 0 saturated carbocycles. The lowest BCUT2D eigenvalue weighted by Crippen LogP contribution is -2.39. The Kier molecular flexibility index (Phi) is 7.92. The van der Waals surface area contributed by atoms with Gasteiger partial charge in [0.15, 0.2) is 11.5 Å². The molecule has 6 heteroatoms. The molecule has 0 aromatic heterocycles. The number of ether oxygens (including phenoxy) is 2. The van der Waals surface area contributed by atoms with Gasteiger partial charge in [0.1, 0.15) is 0 Å². The normalized spacial score (nSPS) is 21.2. The Balaban J connectivity index is 1.94. The molecule has 2 rings (SSSR count). The van der Waals surface area contributed by atoms with Crippen molar-refractivity contribution in [2.24, 2.45) is 5.92 Å². The minimum absolute atomic E-state index is 0.0328. The Labute approximate surface area is 163 Å². The average molecular weight is 378 g/mol. The van der Waals surface area contributed by atoms with E-state index in [1.807, 2.05) is 32.0 Å². The second-order valence-corrected chi connectivity index (χ2v) is 7.98. The summed E-state index contributed by atoms with van der Waals surface area (Å²) in [5, 5.41) is 3.10. The van der Waals surface area contributed by atoms with Crippen LogP contribution in [0.3, 0.4) is 0 Å². The van der Waals surface area contributed by atoms with Crippen LogP contribution in [0, 0.1) is 5.92 Å². The zero-order valence-corrected chi connectivity index (χ0v) is 17.6. The summed E-state index contributed by atoms with van der Waals surface area (Å²) in [5.41, 5.74) is 1.00. The predicted octanol–water partition coefficient (Wildman–Crippen LogP) is 2.37. The number of likely N-dealkylation sites (tertiary alicyclic amines) is 1. The molecule has 152 valence electrons. The van der Waals surface area contributed by atoms with Gasteiger partial charge in [0, 0.05) is 25.7 Å². The molecule has 1 saturated heterocycles. The maximum absolute atomic E-state index is 12.7. The lowest BCUT2D eigenvalue weighted by atomic mass is 10.0. The Morgan fingerprint density at radius 1 is 1.26 bits per heavy atom. The molecule has 1 amide bonds. The van der Waals surface area contributed by atoms with Crippen molar-refractivity contribution in [2.45, 2.75) is 45.4 Å². The standard InChI is InChI=1S/C21H35N3O3/c1-15(2)27-19-10-7-16(11-20(19)26-6)12-22-21(25)17-8-9-18(23(3)4)14-24(5)13-17/h7,10-11,15,17-18H,8-9,12-14H2,1-6H3,(H,22,25)/t17-,18+/m1/s1. The first-order valence-electron chi connectivity index (χ1n) is 9.76. The van der Waals surface area contributed by atoms with E-state index < -0.39 is 0 Å². The first kappa shape index (κ1) is 21.5. The summed E-state index contributed by atoms with van der Waals surface area (Å²) in [6, 6.07) is 6.31. The van der Waals surface area contributed by atoms with Crippen molar-refractivity contribution in [3.63, 3.8) is 0 Å². The number of nitrogens with zero attached hydrogens (tertiary/aromatic N) is 2. The molecule has 0 unspecified atom stereocenters. The molecule has 1 aliphatic heterocycles. The van der Waals surface area contributed by atoms with Gasteiger partial charge in [-0.25, -0.2) is 0 Å². The van der Waals surface area contributed by atoms with Gasteiger partial charge in [-0.05, 0) is 65.5 Å². The molecule has 2 atom stereocenters. The van der Waals surface area contributed by atoms with E-state index in [0.29, 0.717) is 18.3 Å². The van der Waals surface area contributed by atoms with Crippen LogP contribution in [0.25, 0.3) is 0 Å². The molecule has 1 heterocycles. The largest absolute Gasteiger partial charge is 0.493 e. The topological polar surface area (TPSA) is 54.0 Å². The van der Waals surface area contributed by atoms with Crippen LogP contribution in [0.4, 0.5) is 0 Å². The average Bonchev–Trinajstić information content (AvgIpc) is 2.82. The van der Waals surface area contributed by atoms with Crippen LogP contribution in [-0.2, 0) is 11.3 Å². The van der Waals surface area contributed by atoms with Gasteiger partial charge in [-0.1, -0.05) is 6.07 Å². The fourth-order valence-electron chi connectivity index (χ4n) is 3.53. The van der Waals surface area contributed by atoms with Crippen molar-refractivity contribution in [1.29, 1.82) is 0 Å². The van der Waals surface area contributed by atoms with Gasteiger partial charge in [-0.3, -0.25) is 4.79 Å². The molecule has 1 N–H and O–H groups in total. The summed E-state index contributed by atoms with van der Waals surface area (Å²) in [4.78, 5) is 17.2. The fraction of sp³-hybridized carbons (Fsp3) is 0.667. The van der Waals surface area contributed by atoms with E-state index in [4.69, 9.17) is 9.47 Å². The van der Waals surface area contributed by atoms with E-state index in [0.717, 1.165) is 37.2 Å². The lowest BCUT2D eigenvalue weighted by Gasteiger charge is -2.25. The summed E-state index contributed by atoms with van der Waals surface area (Å²) in [7, 11) is 7.95. The number of rotatable bonds is 7. The van der Waals surface area contributed by atoms with Gasteiger partial charge in [0.2, 0.25) is 5.91 Å². The quantitative estimate of drug-likeness (QED) is 0.791. The zero-order valence-electron chi connectivity index (χ0n) is 17.6. The van der Waals surface area contributed by atoms with Crippen LogP contribution < -0.4 is 14.8 Å². The van der Waals surface area contributed by atoms with E-state index in [1.165, 1.54) is 0 Å². The van der Waals surface area contributed by atoms with Gasteiger partial charge in [-0.15, -0.1) is 0 Å². The molecule has 0 bridgehead atoms. The third-order valence-corrected chi connectivity index (χ3v) is 5.06. The smallest absolute Gasteiger partial charge is 0.224 e. The number of methoxy groups -OCH3 is 1. The van der Waals surface area contributed by atoms with Crippen LogP contribution >= 0.6 is 0 Å². The number of hydrogen-bond donors (Lipinski definition) is 1. The maximum Gasteiger partial charge on any atom is 0.224 e. The molecule has 1 aromatic rings. The van der Waals surface area contributed by atoms with E-state index >= 15 is 0 Å². The number of likely N-dealkylation sites (N-methyl/N-ethyl adjacent to an activating group) is 2. The lowest BCUT2D eigenvalue weighted by molar-refractivity contribution is -0.125. The van der Waals surface area contributed by atoms with Crippen LogP contribution in [0.2, 0.25) is 0 Å². The summed E-state index contributed by atoms with van der Waals surface area (Å²) in [5.74, 6) is 1.58. The van der Waals surface area contributed by atoms with Crippen molar-refractivity contribution in [3.8, 4) is 11.5 Å². The van der Waals surface area contributed by atoms with E-state index in [-0.39, 0.29) is 17.9 Å². The maximum atomic E-state index is 12.7. The summed E-state index contributed by atoms with van der Waals surface area (Å²) < 4.78 is 11.2. The minimum atomic E-state index is 0.0328. The van der Waals surface area contributed by atoms with Gasteiger partial charge in [0.05, 0.1) is 19.1 Å². The highest BCUT2D eigenvalue weighted by Gasteiger charge is 2.27. The Morgan fingerprint density at radius 3 is 2.63 bits per heavy atom. The summed E-state index contributed by atoms with van der Waals surface area (Å²) in [6.07, 6.45) is 2.05. The second kappa shape index (κ2) is 9.95. The molecule has 0 radical (unpaired) electrons. The first-order valence-corrected chi connectivity index (χ1v) is 9.76. The monoisotopic (exact) mass is 377 g/mol. The van der Waals surface area contributed by atoms with Gasteiger partial charge in [0.25, 0.3) is 0 Å². The number of nitrogens with one attached hydrogen (secondary N) is 1. The predicted molar refractivity (Wildman–Crippen MR) is 108 cm³/mol. The number of benzene rings is 1. The molecular formula is C21H35N3O3. The molecule has 0 aliphatic carbocycles. The minimum Gasteiger partial charge on any atom is -0.493 e. The molecule has 6 nitrogen and oxygen atoms in total. The number of hydrogen-bond acceptors (Lipinski definition) is 5. The van der Waals surface area contributed by atoms with Crippen LogP contribution in [0.1, 0.15) is 32.3 Å². The highest BCUT2D eigenvalue weighted by Crippen LogP contribution is 2.29. The number of carbonyl (C=O) groups excluding carboxylic acids is 1. The van der Waals surface area contributed by atoms with Crippen LogP contribution in [0.15, 0.2) is 18.2 Å². The zero-order chi connectivity index (χ0) is 20.0. The highest BCUT2D eigenvalue weighted by molar-refractivity contribution is 5.78. The number of carbonyl (C=O) groups is 1. The van der Waals surface area contributed by atoms with Gasteiger partial charge >= 0.3 is 0 Å². The Morgan fingerprint density at radius 2 is 2.00 bits per heavy atom. The van der Waals surface area contributed by atoms with Crippen molar-refractivity contribution in [1.82, 2.24) is 15.1 Å². The molecule has 1 aliphatic rings. The van der Waals surface area contributed by atoms with Gasteiger partial charge < -0.3 is 24.6 Å². The van der Waals surface area contributed by atoms with Gasteiger partial charge in [-0.2, -0.15) is 0 Å². The summed E-state index contributed by atoms with van der Waals surface area (Å²) in [6.45, 7) is 6.27. The van der Waals surface area contributed by atoms with Crippen molar-refractivity contribution >= 4 is 5.91 Å². The first-order chi connectivity index (χ1) is 12.8. The van der Waals surface area contributed by atoms with Crippen molar-refractivity contribution in [2.75, 3.05) is 41.3 Å². The third kappa shape index (κ3) is 6.40. The summed E-state index contributed by atoms with van der Waals surface area (Å²) >= 11 is 0. The van der Waals surface area contributed by atoms with Crippen LogP contribution in [-0.4, -0.2) is 69.2 Å². The number of amides is 1. The van der Waals surface area contributed by atoms with E-state index in [1.54, 1.807) is 7.11 Å². The Hall–Kier alpha value is -1.79. The van der Waals surface area contributed by atoms with Crippen molar-refractivity contribution in [3.05, 3.63) is 23.8 Å². The van der Waals surface area contributed by atoms with E-state index in [2.05, 4.69) is 36.3 Å². The van der Waals surface area contributed by atoms with Crippen LogP contribution in [0.5, 0.6) is 11.5 Å². The molecule has 1 fully saturated rings. The SMILES string of the molecule is COc1cc(CNC(=O)[C@@H]2CC[C@H](N(C)C)CN(C)C2)ccc1OC(C)C. The van der Waals surface area contributed by atoms with Crippen molar-refractivity contribution < 1.29 is 14.3 Å². The highest BCUT2D eigenvalue weighted by atomic mass is 16.5. The fourth-order valence-corrected chi connectivity index (χ4v) is 3.53.